The fourth-order valence-corrected chi connectivity index (χ4v) is 6.54. The summed E-state index contributed by atoms with van der Waals surface area (Å²) in [6.07, 6.45) is 7.00. The number of rotatable bonds is 5. The van der Waals surface area contributed by atoms with Crippen molar-refractivity contribution < 1.29 is 8.42 Å². The number of hydrogen-bond acceptors (Lipinski definition) is 6. The largest absolute Gasteiger partial charge is 0.356 e. The van der Waals surface area contributed by atoms with Crippen LogP contribution in [0.2, 0.25) is 0 Å². The van der Waals surface area contributed by atoms with Crippen LogP contribution in [0.1, 0.15) is 32.1 Å². The van der Waals surface area contributed by atoms with Gasteiger partial charge in [0.2, 0.25) is 0 Å². The predicted octanol–water partition coefficient (Wildman–Crippen LogP) is 2.28. The molecule has 0 bridgehead atoms. The van der Waals surface area contributed by atoms with E-state index < -0.39 is 9.84 Å². The van der Waals surface area contributed by atoms with E-state index in [2.05, 4.69) is 25.9 Å². The lowest BCUT2D eigenvalue weighted by Gasteiger charge is -2.42. The average Bonchev–Trinajstić information content (AvgIpc) is 3.25. The molecule has 2 aliphatic rings. The Morgan fingerprint density at radius 1 is 1.31 bits per heavy atom. The molecule has 2 heterocycles. The Balaban J connectivity index is 1.37. The van der Waals surface area contributed by atoms with Crippen molar-refractivity contribution in [3.05, 3.63) is 18.6 Å². The maximum atomic E-state index is 12.6. The second-order valence-electron chi connectivity index (χ2n) is 7.63. The van der Waals surface area contributed by atoms with Gasteiger partial charge < -0.3 is 9.88 Å². The highest BCUT2D eigenvalue weighted by molar-refractivity contribution is 7.92. The third-order valence-corrected chi connectivity index (χ3v) is 8.35. The van der Waals surface area contributed by atoms with Crippen molar-refractivity contribution in [2.45, 2.75) is 43.4 Å². The van der Waals surface area contributed by atoms with Crippen LogP contribution in [0.3, 0.4) is 0 Å². The summed E-state index contributed by atoms with van der Waals surface area (Å²) in [5, 5.41) is 9.66. The normalized spacial score (nSPS) is 28.6. The zero-order valence-electron chi connectivity index (χ0n) is 14.8. The van der Waals surface area contributed by atoms with Gasteiger partial charge in [0.1, 0.15) is 17.8 Å². The first-order valence-electron chi connectivity index (χ1n) is 9.10. The van der Waals surface area contributed by atoms with E-state index in [-0.39, 0.29) is 22.8 Å². The van der Waals surface area contributed by atoms with Crippen LogP contribution in [0.4, 0.5) is 5.82 Å². The first-order chi connectivity index (χ1) is 12.5. The molecule has 2 aliphatic carbocycles. The molecule has 138 valence electrons. The standard InChI is InChI=1S/C18H23N5O2S/c1-23(18-16-4-5-20-17(16)21-11-22-18)14-6-13(7-14)10-26(24,25)15-3-2-12(8-15)9-19/h4-5,11-15H,2-3,6-8,10H2,1H3,(H,20,21,22)/t12-,13-,14+,15+/m1/s1. The van der Waals surface area contributed by atoms with Crippen LogP contribution >= 0.6 is 0 Å². The van der Waals surface area contributed by atoms with Gasteiger partial charge in [0, 0.05) is 25.2 Å². The zero-order chi connectivity index (χ0) is 18.3. The van der Waals surface area contributed by atoms with Crippen molar-refractivity contribution in [3.8, 4) is 6.07 Å². The molecule has 0 unspecified atom stereocenters. The number of aromatic amines is 1. The molecular formula is C18H23N5O2S. The summed E-state index contributed by atoms with van der Waals surface area (Å²) in [6.45, 7) is 0. The molecular weight excluding hydrogens is 350 g/mol. The van der Waals surface area contributed by atoms with E-state index in [1.807, 2.05) is 19.3 Å². The maximum absolute atomic E-state index is 12.6. The summed E-state index contributed by atoms with van der Waals surface area (Å²) < 4.78 is 25.3. The third kappa shape index (κ3) is 3.05. The van der Waals surface area contributed by atoms with Crippen molar-refractivity contribution in [1.29, 1.82) is 5.26 Å². The van der Waals surface area contributed by atoms with Gasteiger partial charge in [-0.15, -0.1) is 0 Å². The number of fused-ring (bicyclic) bond motifs is 1. The minimum atomic E-state index is -3.10. The molecule has 0 aliphatic heterocycles. The highest BCUT2D eigenvalue weighted by Crippen LogP contribution is 2.38. The number of anilines is 1. The van der Waals surface area contributed by atoms with E-state index >= 15 is 0 Å². The fraction of sp³-hybridized carbons (Fsp3) is 0.611. The van der Waals surface area contributed by atoms with Crippen LogP contribution in [-0.4, -0.2) is 47.5 Å². The van der Waals surface area contributed by atoms with Gasteiger partial charge in [-0.2, -0.15) is 5.26 Å². The van der Waals surface area contributed by atoms with Gasteiger partial charge in [0.25, 0.3) is 0 Å². The lowest BCUT2D eigenvalue weighted by molar-refractivity contribution is 0.281. The topological polar surface area (TPSA) is 103 Å². The molecule has 1 N–H and O–H groups in total. The molecule has 0 spiro atoms. The highest BCUT2D eigenvalue weighted by atomic mass is 32.2. The van der Waals surface area contributed by atoms with Crippen LogP contribution in [0, 0.1) is 23.2 Å². The monoisotopic (exact) mass is 373 g/mol. The Bertz CT molecular complexity index is 942. The molecule has 2 saturated carbocycles. The quantitative estimate of drug-likeness (QED) is 0.862. The number of nitrogens with zero attached hydrogens (tertiary/aromatic N) is 4. The second-order valence-corrected chi connectivity index (χ2v) is 9.96. The first kappa shape index (κ1) is 17.3. The molecule has 0 aromatic carbocycles. The van der Waals surface area contributed by atoms with Crippen LogP contribution in [0.25, 0.3) is 11.0 Å². The van der Waals surface area contributed by atoms with Gasteiger partial charge in [0.05, 0.1) is 22.5 Å². The van der Waals surface area contributed by atoms with E-state index in [0.717, 1.165) is 36.1 Å². The van der Waals surface area contributed by atoms with Gasteiger partial charge in [0.15, 0.2) is 9.84 Å². The van der Waals surface area contributed by atoms with Crippen LogP contribution in [-0.2, 0) is 9.84 Å². The third-order valence-electron chi connectivity index (χ3n) is 5.97. The van der Waals surface area contributed by atoms with E-state index in [0.29, 0.717) is 18.9 Å². The summed E-state index contributed by atoms with van der Waals surface area (Å²) in [7, 11) is -1.09. The molecule has 8 heteroatoms. The number of nitrogens with one attached hydrogen (secondary N) is 1. The molecule has 0 amide bonds. The van der Waals surface area contributed by atoms with Crippen LogP contribution < -0.4 is 4.90 Å². The first-order valence-corrected chi connectivity index (χ1v) is 10.8. The van der Waals surface area contributed by atoms with Crippen molar-refractivity contribution in [2.24, 2.45) is 11.8 Å². The number of H-pyrrole nitrogens is 1. The Morgan fingerprint density at radius 2 is 2.12 bits per heavy atom. The highest BCUT2D eigenvalue weighted by Gasteiger charge is 2.40. The Labute approximate surface area is 153 Å². The predicted molar refractivity (Wildman–Crippen MR) is 99.3 cm³/mol. The average molecular weight is 373 g/mol. The minimum Gasteiger partial charge on any atom is -0.356 e. The molecule has 2 aromatic heterocycles. The van der Waals surface area contributed by atoms with Gasteiger partial charge >= 0.3 is 0 Å². The number of sulfone groups is 1. The van der Waals surface area contributed by atoms with Crippen molar-refractivity contribution in [2.75, 3.05) is 17.7 Å². The zero-order valence-corrected chi connectivity index (χ0v) is 15.6. The van der Waals surface area contributed by atoms with E-state index in [4.69, 9.17) is 5.26 Å². The molecule has 2 atom stereocenters. The molecule has 0 radical (unpaired) electrons. The van der Waals surface area contributed by atoms with Crippen molar-refractivity contribution >= 4 is 26.7 Å². The molecule has 7 nitrogen and oxygen atoms in total. The lowest BCUT2D eigenvalue weighted by atomic mass is 9.81. The Kier molecular flexibility index (Phi) is 4.35. The second kappa shape index (κ2) is 6.54. The van der Waals surface area contributed by atoms with Crippen LogP contribution in [0.5, 0.6) is 0 Å². The van der Waals surface area contributed by atoms with Crippen LogP contribution in [0.15, 0.2) is 18.6 Å². The molecule has 2 fully saturated rings. The lowest BCUT2D eigenvalue weighted by Crippen LogP contribution is -2.46. The van der Waals surface area contributed by atoms with Gasteiger partial charge in [-0.3, -0.25) is 0 Å². The molecule has 26 heavy (non-hydrogen) atoms. The summed E-state index contributed by atoms with van der Waals surface area (Å²) >= 11 is 0. The number of nitriles is 1. The van der Waals surface area contributed by atoms with Gasteiger partial charge in [-0.25, -0.2) is 18.4 Å². The molecule has 4 rings (SSSR count). The number of hydrogen-bond donors (Lipinski definition) is 1. The Morgan fingerprint density at radius 3 is 2.85 bits per heavy atom. The summed E-state index contributed by atoms with van der Waals surface area (Å²) in [4.78, 5) is 13.9. The van der Waals surface area contributed by atoms with Gasteiger partial charge in [-0.05, 0) is 44.1 Å². The Hall–Kier alpha value is -2.14. The van der Waals surface area contributed by atoms with E-state index in [1.54, 1.807) is 6.33 Å². The summed E-state index contributed by atoms with van der Waals surface area (Å²) in [5.41, 5.74) is 0.814. The molecule has 2 aromatic rings. The number of aromatic nitrogens is 3. The summed E-state index contributed by atoms with van der Waals surface area (Å²) in [6, 6.07) is 4.48. The van der Waals surface area contributed by atoms with E-state index in [9.17, 15) is 8.42 Å². The minimum absolute atomic E-state index is 0.0865. The fourth-order valence-electron chi connectivity index (χ4n) is 4.31. The maximum Gasteiger partial charge on any atom is 0.153 e. The van der Waals surface area contributed by atoms with Crippen molar-refractivity contribution in [3.63, 3.8) is 0 Å². The van der Waals surface area contributed by atoms with Gasteiger partial charge in [-0.1, -0.05) is 0 Å². The van der Waals surface area contributed by atoms with Crippen molar-refractivity contribution in [1.82, 2.24) is 15.0 Å². The van der Waals surface area contributed by atoms with E-state index in [1.165, 1.54) is 0 Å². The summed E-state index contributed by atoms with van der Waals surface area (Å²) in [5.74, 6) is 1.26. The smallest absolute Gasteiger partial charge is 0.153 e. The SMILES string of the molecule is CN(c1ncnc2[nH]ccc12)[C@H]1C[C@@H](CS(=O)(=O)[C@H]2CC[C@@H](C#N)C2)C1. The molecule has 0 saturated heterocycles.